The Morgan fingerprint density at radius 3 is 1.51 bits per heavy atom. The fourth-order valence-electron chi connectivity index (χ4n) is 8.00. The lowest BCUT2D eigenvalue weighted by Gasteiger charge is -2.26. The maximum absolute atomic E-state index is 2.35. The van der Waals surface area contributed by atoms with Crippen molar-refractivity contribution in [3.63, 3.8) is 0 Å². The van der Waals surface area contributed by atoms with E-state index in [1.165, 1.54) is 76.5 Å². The van der Waals surface area contributed by atoms with Crippen molar-refractivity contribution >= 4 is 60.2 Å². The van der Waals surface area contributed by atoms with Crippen molar-refractivity contribution in [1.82, 2.24) is 0 Å². The zero-order valence-corrected chi connectivity index (χ0v) is 29.2. The van der Waals surface area contributed by atoms with Crippen LogP contribution in [0.15, 0.2) is 212 Å². The molecule has 0 saturated carbocycles. The van der Waals surface area contributed by atoms with Crippen molar-refractivity contribution in [1.29, 1.82) is 0 Å². The van der Waals surface area contributed by atoms with Gasteiger partial charge in [0.05, 0.1) is 0 Å². The lowest BCUT2D eigenvalue weighted by Crippen LogP contribution is -2.09. The maximum atomic E-state index is 2.35. The molecule has 0 unspecified atom stereocenters. The zero-order chi connectivity index (χ0) is 35.1. The van der Waals surface area contributed by atoms with Gasteiger partial charge in [0.2, 0.25) is 0 Å². The average Bonchev–Trinajstić information content (AvgIpc) is 3.23. The third-order valence-corrected chi connectivity index (χ3v) is 10.6. The molecular formula is C52H35N. The highest BCUT2D eigenvalue weighted by atomic mass is 15.1. The van der Waals surface area contributed by atoms with Crippen LogP contribution in [0.25, 0.3) is 76.5 Å². The van der Waals surface area contributed by atoms with Gasteiger partial charge >= 0.3 is 0 Å². The highest BCUT2D eigenvalue weighted by Gasteiger charge is 2.16. The second-order valence-electron chi connectivity index (χ2n) is 13.8. The molecule has 1 nitrogen and oxygen atoms in total. The van der Waals surface area contributed by atoms with Gasteiger partial charge in [-0.1, -0.05) is 164 Å². The molecule has 248 valence electrons. The van der Waals surface area contributed by atoms with E-state index in [2.05, 4.69) is 217 Å². The molecule has 0 aromatic heterocycles. The minimum atomic E-state index is 1.11. The molecule has 0 amide bonds. The van der Waals surface area contributed by atoms with Crippen LogP contribution < -0.4 is 4.90 Å². The first-order valence-electron chi connectivity index (χ1n) is 18.3. The summed E-state index contributed by atoms with van der Waals surface area (Å²) in [6.45, 7) is 0. The van der Waals surface area contributed by atoms with Crippen LogP contribution in [0, 0.1) is 0 Å². The molecular weight excluding hydrogens is 639 g/mol. The highest BCUT2D eigenvalue weighted by molar-refractivity contribution is 6.11. The minimum Gasteiger partial charge on any atom is -0.310 e. The number of anilines is 3. The molecule has 0 N–H and O–H groups in total. The van der Waals surface area contributed by atoms with E-state index in [0.717, 1.165) is 17.1 Å². The van der Waals surface area contributed by atoms with Gasteiger partial charge in [-0.25, -0.2) is 0 Å². The number of benzene rings is 10. The molecule has 0 saturated heterocycles. The summed E-state index contributed by atoms with van der Waals surface area (Å²) in [7, 11) is 0. The van der Waals surface area contributed by atoms with Crippen molar-refractivity contribution in [3.05, 3.63) is 212 Å². The van der Waals surface area contributed by atoms with Crippen LogP contribution >= 0.6 is 0 Å². The third-order valence-electron chi connectivity index (χ3n) is 10.6. The summed E-state index contributed by atoms with van der Waals surface area (Å²) in [5, 5.41) is 9.99. The van der Waals surface area contributed by atoms with Gasteiger partial charge in [0, 0.05) is 17.1 Å². The van der Waals surface area contributed by atoms with Crippen molar-refractivity contribution in [2.75, 3.05) is 4.90 Å². The Morgan fingerprint density at radius 1 is 0.245 bits per heavy atom. The standard InChI is InChI=1S/C52H35N/c1-2-17-45(18-3-1)53(47-32-29-43-34-42(25-26-44(43)35-47)41-24-23-36-11-4-5-13-40(36)33-41)46-30-27-38(28-31-46)49-20-9-15-39-16-10-22-51(52(39)49)50-21-8-14-37-12-6-7-19-48(37)50/h1-35H. The van der Waals surface area contributed by atoms with Crippen LogP contribution in [-0.4, -0.2) is 0 Å². The Balaban J connectivity index is 1.04. The third kappa shape index (κ3) is 5.60. The van der Waals surface area contributed by atoms with Crippen LogP contribution in [0.3, 0.4) is 0 Å². The minimum absolute atomic E-state index is 1.11. The lowest BCUT2D eigenvalue weighted by atomic mass is 9.89. The maximum Gasteiger partial charge on any atom is 0.0468 e. The number of rotatable bonds is 6. The van der Waals surface area contributed by atoms with Gasteiger partial charge in [-0.2, -0.15) is 0 Å². The van der Waals surface area contributed by atoms with Crippen LogP contribution in [0.5, 0.6) is 0 Å². The second kappa shape index (κ2) is 13.0. The average molecular weight is 674 g/mol. The summed E-state index contributed by atoms with van der Waals surface area (Å²) in [4.78, 5) is 2.35. The first-order chi connectivity index (χ1) is 26.3. The van der Waals surface area contributed by atoms with E-state index in [-0.39, 0.29) is 0 Å². The van der Waals surface area contributed by atoms with Gasteiger partial charge in [0.1, 0.15) is 0 Å². The lowest BCUT2D eigenvalue weighted by molar-refractivity contribution is 1.29. The van der Waals surface area contributed by atoms with Gasteiger partial charge in [0.25, 0.3) is 0 Å². The van der Waals surface area contributed by atoms with E-state index in [4.69, 9.17) is 0 Å². The van der Waals surface area contributed by atoms with Gasteiger partial charge in [-0.15, -0.1) is 0 Å². The largest absolute Gasteiger partial charge is 0.310 e. The van der Waals surface area contributed by atoms with Crippen molar-refractivity contribution in [3.8, 4) is 33.4 Å². The molecule has 0 bridgehead atoms. The molecule has 10 aromatic rings. The SMILES string of the molecule is c1ccc(N(c2ccc(-c3cccc4cccc(-c5cccc6ccccc56)c34)cc2)c2ccc3cc(-c4ccc5ccccc5c4)ccc3c2)cc1. The first-order valence-corrected chi connectivity index (χ1v) is 18.3. The fraction of sp³-hybridized carbons (Fsp3) is 0. The predicted molar refractivity (Wildman–Crippen MR) is 227 cm³/mol. The predicted octanol–water partition coefficient (Wildman–Crippen LogP) is 14.8. The summed E-state index contributed by atoms with van der Waals surface area (Å²) in [5.41, 5.74) is 10.8. The highest BCUT2D eigenvalue weighted by Crippen LogP contribution is 2.41. The molecule has 53 heavy (non-hydrogen) atoms. The zero-order valence-electron chi connectivity index (χ0n) is 29.2. The number of para-hydroxylation sites is 1. The Labute approximate surface area is 309 Å². The van der Waals surface area contributed by atoms with Gasteiger partial charge in [-0.3, -0.25) is 0 Å². The number of nitrogens with zero attached hydrogens (tertiary/aromatic N) is 1. The summed E-state index contributed by atoms with van der Waals surface area (Å²) in [6.07, 6.45) is 0. The quantitative estimate of drug-likeness (QED) is 0.170. The Morgan fingerprint density at radius 2 is 0.736 bits per heavy atom. The molecule has 0 radical (unpaired) electrons. The Kier molecular flexibility index (Phi) is 7.55. The number of fused-ring (bicyclic) bond motifs is 4. The molecule has 10 aromatic carbocycles. The Hall–Kier alpha value is -6.96. The second-order valence-corrected chi connectivity index (χ2v) is 13.8. The van der Waals surface area contributed by atoms with Gasteiger partial charge < -0.3 is 4.90 Å². The van der Waals surface area contributed by atoms with Crippen LogP contribution in [0.1, 0.15) is 0 Å². The van der Waals surface area contributed by atoms with Gasteiger partial charge in [0.15, 0.2) is 0 Å². The van der Waals surface area contributed by atoms with Crippen molar-refractivity contribution in [2.45, 2.75) is 0 Å². The van der Waals surface area contributed by atoms with Crippen LogP contribution in [0.2, 0.25) is 0 Å². The van der Waals surface area contributed by atoms with Crippen molar-refractivity contribution < 1.29 is 0 Å². The van der Waals surface area contributed by atoms with Crippen molar-refractivity contribution in [2.24, 2.45) is 0 Å². The van der Waals surface area contributed by atoms with E-state index < -0.39 is 0 Å². The molecule has 0 aliphatic heterocycles. The summed E-state index contributed by atoms with van der Waals surface area (Å²) in [5.74, 6) is 0. The topological polar surface area (TPSA) is 3.24 Å². The molecule has 0 aliphatic rings. The Bertz CT molecular complexity index is 2930. The van der Waals surface area contributed by atoms with E-state index >= 15 is 0 Å². The molecule has 0 heterocycles. The number of hydrogen-bond acceptors (Lipinski definition) is 1. The normalized spacial score (nSPS) is 11.4. The summed E-state index contributed by atoms with van der Waals surface area (Å²) >= 11 is 0. The molecule has 0 fully saturated rings. The molecule has 10 rings (SSSR count). The van der Waals surface area contributed by atoms with E-state index in [9.17, 15) is 0 Å². The van der Waals surface area contributed by atoms with Crippen LogP contribution in [0.4, 0.5) is 17.1 Å². The molecule has 0 atom stereocenters. The molecule has 0 aliphatic carbocycles. The van der Waals surface area contributed by atoms with E-state index in [0.29, 0.717) is 0 Å². The monoisotopic (exact) mass is 673 g/mol. The summed E-state index contributed by atoms with van der Waals surface area (Å²) in [6, 6.07) is 77.2. The van der Waals surface area contributed by atoms with E-state index in [1.54, 1.807) is 0 Å². The fourth-order valence-corrected chi connectivity index (χ4v) is 8.00. The van der Waals surface area contributed by atoms with Crippen LogP contribution in [-0.2, 0) is 0 Å². The summed E-state index contributed by atoms with van der Waals surface area (Å²) < 4.78 is 0. The number of hydrogen-bond donors (Lipinski definition) is 0. The first kappa shape index (κ1) is 30.8. The molecule has 0 spiro atoms. The van der Waals surface area contributed by atoms with E-state index in [1.807, 2.05) is 0 Å². The smallest absolute Gasteiger partial charge is 0.0468 e. The van der Waals surface area contributed by atoms with Gasteiger partial charge in [-0.05, 0) is 125 Å². The molecule has 1 heteroatoms.